The van der Waals surface area contributed by atoms with Crippen LogP contribution in [0.15, 0.2) is 106 Å². The minimum Gasteiger partial charge on any atom is -0.494 e. The van der Waals surface area contributed by atoms with Crippen LogP contribution in [0.1, 0.15) is 37.9 Å². The number of para-hydroxylation sites is 2. The predicted molar refractivity (Wildman–Crippen MR) is 172 cm³/mol. The van der Waals surface area contributed by atoms with Gasteiger partial charge in [0.15, 0.2) is 4.80 Å². The van der Waals surface area contributed by atoms with Crippen molar-refractivity contribution in [2.24, 2.45) is 4.99 Å². The van der Waals surface area contributed by atoms with Crippen LogP contribution in [0, 0.1) is 0 Å². The Kier molecular flexibility index (Phi) is 8.47. The lowest BCUT2D eigenvalue weighted by Gasteiger charge is -2.24. The highest BCUT2D eigenvalue weighted by molar-refractivity contribution is 7.07. The van der Waals surface area contributed by atoms with E-state index in [1.807, 2.05) is 79.7 Å². The monoisotopic (exact) mass is 607 g/mol. The number of allylic oxidation sites excluding steroid dienone is 1. The maximum Gasteiger partial charge on any atom is 0.338 e. The third-order valence-corrected chi connectivity index (χ3v) is 8.46. The molecule has 0 radical (unpaired) electrons. The van der Waals surface area contributed by atoms with Crippen LogP contribution < -0.4 is 24.4 Å². The lowest BCUT2D eigenvalue weighted by molar-refractivity contribution is -0.139. The molecule has 0 fully saturated rings. The van der Waals surface area contributed by atoms with Crippen LogP contribution in [-0.2, 0) is 16.1 Å². The number of hydrogen-bond acceptors (Lipinski definition) is 7. The fourth-order valence-electron chi connectivity index (χ4n) is 5.51. The first kappa shape index (κ1) is 29.2. The Labute approximate surface area is 258 Å². The van der Waals surface area contributed by atoms with Crippen LogP contribution in [0.4, 0.5) is 0 Å². The SMILES string of the molecule is CCOC(=O)C1=C(C)N=c2s/c(=C/c3cn(CCOc4ccccc4)c4ccccc34)c(=O)n2[C@@H]1c1ccc(OCC)cc1. The Morgan fingerprint density at radius 1 is 0.932 bits per heavy atom. The number of carbonyl (C=O) groups excluding carboxylic acids is 1. The third-order valence-electron chi connectivity index (χ3n) is 7.47. The molecule has 0 N–H and O–H groups in total. The van der Waals surface area contributed by atoms with E-state index in [1.54, 1.807) is 18.4 Å². The molecule has 2 aromatic heterocycles. The highest BCUT2D eigenvalue weighted by atomic mass is 32.1. The lowest BCUT2D eigenvalue weighted by atomic mass is 9.96. The zero-order chi connectivity index (χ0) is 30.6. The van der Waals surface area contributed by atoms with Gasteiger partial charge >= 0.3 is 5.97 Å². The third kappa shape index (κ3) is 5.70. The van der Waals surface area contributed by atoms with Gasteiger partial charge in [-0.15, -0.1) is 0 Å². The van der Waals surface area contributed by atoms with Crippen LogP contribution in [0.25, 0.3) is 17.0 Å². The van der Waals surface area contributed by atoms with E-state index in [9.17, 15) is 9.59 Å². The second-order valence-corrected chi connectivity index (χ2v) is 11.3. The standard InChI is InChI=1S/C35H33N3O5S/c1-4-41-27-17-15-24(16-18-27)32-31(34(40)42-5-2)23(3)36-35-38(32)33(39)30(44-35)21-25-22-37(29-14-10-9-13-28(25)29)19-20-43-26-11-7-6-8-12-26/h6-18,21-22,32H,4-5,19-20H2,1-3H3/b30-21+/t32-/m1/s1. The summed E-state index contributed by atoms with van der Waals surface area (Å²) in [7, 11) is 0. The highest BCUT2D eigenvalue weighted by Crippen LogP contribution is 2.32. The molecule has 0 amide bonds. The number of ether oxygens (including phenoxy) is 3. The molecule has 3 heterocycles. The zero-order valence-corrected chi connectivity index (χ0v) is 25.7. The molecule has 0 spiro atoms. The van der Waals surface area contributed by atoms with E-state index in [0.717, 1.165) is 27.8 Å². The van der Waals surface area contributed by atoms with Gasteiger partial charge in [0.05, 0.1) is 41.6 Å². The maximum absolute atomic E-state index is 14.1. The van der Waals surface area contributed by atoms with E-state index in [4.69, 9.17) is 19.2 Å². The van der Waals surface area contributed by atoms with Gasteiger partial charge in [-0.3, -0.25) is 9.36 Å². The van der Waals surface area contributed by atoms with Gasteiger partial charge in [-0.1, -0.05) is 59.9 Å². The molecule has 44 heavy (non-hydrogen) atoms. The molecule has 8 nitrogen and oxygen atoms in total. The van der Waals surface area contributed by atoms with Crippen LogP contribution >= 0.6 is 11.3 Å². The average molecular weight is 608 g/mol. The Morgan fingerprint density at radius 2 is 1.66 bits per heavy atom. The van der Waals surface area contributed by atoms with Gasteiger partial charge in [-0.05, 0) is 62.7 Å². The molecule has 1 aliphatic rings. The van der Waals surface area contributed by atoms with Crippen molar-refractivity contribution in [3.8, 4) is 11.5 Å². The summed E-state index contributed by atoms with van der Waals surface area (Å²) in [6, 6.07) is 24.6. The number of carbonyl (C=O) groups is 1. The minimum atomic E-state index is -0.681. The first-order valence-electron chi connectivity index (χ1n) is 14.7. The maximum atomic E-state index is 14.1. The summed E-state index contributed by atoms with van der Waals surface area (Å²) in [6.07, 6.45) is 3.97. The summed E-state index contributed by atoms with van der Waals surface area (Å²) >= 11 is 1.31. The lowest BCUT2D eigenvalue weighted by Crippen LogP contribution is -2.39. The average Bonchev–Trinajstić information content (AvgIpc) is 3.54. The van der Waals surface area contributed by atoms with Gasteiger partial charge in [0.25, 0.3) is 5.56 Å². The number of hydrogen-bond donors (Lipinski definition) is 0. The van der Waals surface area contributed by atoms with Gasteiger partial charge in [0.2, 0.25) is 0 Å². The summed E-state index contributed by atoms with van der Waals surface area (Å²) in [6.45, 7) is 7.38. The molecule has 3 aromatic carbocycles. The Balaban J connectivity index is 1.42. The normalized spacial score (nSPS) is 14.8. The first-order valence-corrected chi connectivity index (χ1v) is 15.5. The Bertz CT molecular complexity index is 2020. The number of esters is 1. The topological polar surface area (TPSA) is 84.0 Å². The fraction of sp³-hybridized carbons (Fsp3) is 0.229. The molecule has 224 valence electrons. The second-order valence-electron chi connectivity index (χ2n) is 10.3. The molecular formula is C35H33N3O5S. The van der Waals surface area contributed by atoms with Crippen molar-refractivity contribution in [2.75, 3.05) is 19.8 Å². The van der Waals surface area contributed by atoms with E-state index in [-0.39, 0.29) is 12.2 Å². The zero-order valence-electron chi connectivity index (χ0n) is 24.9. The van der Waals surface area contributed by atoms with Gasteiger partial charge in [-0.2, -0.15) is 0 Å². The van der Waals surface area contributed by atoms with Gasteiger partial charge in [-0.25, -0.2) is 9.79 Å². The van der Waals surface area contributed by atoms with Gasteiger partial charge < -0.3 is 18.8 Å². The quantitative estimate of drug-likeness (QED) is 0.203. The van der Waals surface area contributed by atoms with E-state index in [1.165, 1.54) is 11.3 Å². The van der Waals surface area contributed by atoms with E-state index in [0.29, 0.717) is 46.1 Å². The smallest absolute Gasteiger partial charge is 0.338 e. The molecular weight excluding hydrogens is 574 g/mol. The number of aromatic nitrogens is 2. The molecule has 0 bridgehead atoms. The second kappa shape index (κ2) is 12.8. The van der Waals surface area contributed by atoms with E-state index >= 15 is 0 Å². The molecule has 0 aliphatic carbocycles. The van der Waals surface area contributed by atoms with E-state index in [2.05, 4.69) is 22.9 Å². The van der Waals surface area contributed by atoms with Crippen molar-refractivity contribution >= 4 is 34.3 Å². The van der Waals surface area contributed by atoms with Crippen molar-refractivity contribution in [3.63, 3.8) is 0 Å². The van der Waals surface area contributed by atoms with Crippen LogP contribution in [-0.4, -0.2) is 34.9 Å². The molecule has 5 aromatic rings. The molecule has 6 rings (SSSR count). The van der Waals surface area contributed by atoms with Crippen LogP contribution in [0.2, 0.25) is 0 Å². The van der Waals surface area contributed by atoms with E-state index < -0.39 is 12.0 Å². The van der Waals surface area contributed by atoms with Gasteiger partial charge in [0, 0.05) is 22.7 Å². The predicted octanol–water partition coefficient (Wildman–Crippen LogP) is 5.23. The molecule has 0 saturated carbocycles. The van der Waals surface area contributed by atoms with Gasteiger partial charge in [0.1, 0.15) is 18.1 Å². The Hall–Kier alpha value is -4.89. The largest absolute Gasteiger partial charge is 0.494 e. The van der Waals surface area contributed by atoms with Crippen molar-refractivity contribution in [1.82, 2.24) is 9.13 Å². The summed E-state index contributed by atoms with van der Waals surface area (Å²) < 4.78 is 21.3. The molecule has 9 heteroatoms. The Morgan fingerprint density at radius 3 is 2.41 bits per heavy atom. The number of fused-ring (bicyclic) bond motifs is 2. The number of nitrogens with zero attached hydrogens (tertiary/aromatic N) is 3. The molecule has 1 atom stereocenters. The summed E-state index contributed by atoms with van der Waals surface area (Å²) in [5.41, 5.74) is 3.41. The highest BCUT2D eigenvalue weighted by Gasteiger charge is 2.33. The fourth-order valence-corrected chi connectivity index (χ4v) is 6.55. The number of thiazole rings is 1. The van der Waals surface area contributed by atoms with Crippen LogP contribution in [0.5, 0.6) is 11.5 Å². The molecule has 0 unspecified atom stereocenters. The summed E-state index contributed by atoms with van der Waals surface area (Å²) in [4.78, 5) is 32.6. The summed E-state index contributed by atoms with van der Waals surface area (Å²) in [5, 5.41) is 1.03. The molecule has 0 saturated heterocycles. The van der Waals surface area contributed by atoms with Crippen molar-refractivity contribution in [3.05, 3.63) is 127 Å². The number of rotatable bonds is 10. The summed E-state index contributed by atoms with van der Waals surface area (Å²) in [5.74, 6) is 1.06. The van der Waals surface area contributed by atoms with Crippen molar-refractivity contribution in [2.45, 2.75) is 33.4 Å². The van der Waals surface area contributed by atoms with Crippen LogP contribution in [0.3, 0.4) is 0 Å². The molecule has 1 aliphatic heterocycles. The van der Waals surface area contributed by atoms with Crippen molar-refractivity contribution in [1.29, 1.82) is 0 Å². The number of benzene rings is 3. The minimum absolute atomic E-state index is 0.217. The van der Waals surface area contributed by atoms with Crippen molar-refractivity contribution < 1.29 is 19.0 Å². The first-order chi connectivity index (χ1) is 21.5.